The zero-order valence-electron chi connectivity index (χ0n) is 9.02. The molecule has 0 bridgehead atoms. The molecule has 2 heteroatoms. The van der Waals surface area contributed by atoms with E-state index in [0.29, 0.717) is 11.6 Å². The van der Waals surface area contributed by atoms with Crippen LogP contribution >= 0.6 is 0 Å². The SMILES string of the molecule is Nc1ccccc1C(O)CC1CCCC1. The van der Waals surface area contributed by atoms with Crippen LogP contribution in [0.3, 0.4) is 0 Å². The highest BCUT2D eigenvalue weighted by Gasteiger charge is 2.20. The molecule has 82 valence electrons. The molecule has 0 spiro atoms. The molecule has 0 radical (unpaired) electrons. The summed E-state index contributed by atoms with van der Waals surface area (Å²) in [5, 5.41) is 10.1. The quantitative estimate of drug-likeness (QED) is 0.745. The van der Waals surface area contributed by atoms with E-state index < -0.39 is 0 Å². The van der Waals surface area contributed by atoms with E-state index in [4.69, 9.17) is 5.73 Å². The summed E-state index contributed by atoms with van der Waals surface area (Å²) in [6.07, 6.45) is 5.67. The molecule has 0 amide bonds. The van der Waals surface area contributed by atoms with Crippen molar-refractivity contribution < 1.29 is 5.11 Å². The Kier molecular flexibility index (Phi) is 3.27. The third kappa shape index (κ3) is 2.51. The topological polar surface area (TPSA) is 46.2 Å². The van der Waals surface area contributed by atoms with Crippen LogP contribution in [-0.4, -0.2) is 5.11 Å². The number of hydrogen-bond acceptors (Lipinski definition) is 2. The van der Waals surface area contributed by atoms with Crippen LogP contribution in [0.25, 0.3) is 0 Å². The second kappa shape index (κ2) is 4.67. The molecule has 0 heterocycles. The Bertz CT molecular complexity index is 318. The number of nitrogens with two attached hydrogens (primary N) is 1. The van der Waals surface area contributed by atoms with E-state index in [9.17, 15) is 5.11 Å². The highest BCUT2D eigenvalue weighted by Crippen LogP contribution is 2.34. The molecule has 0 aromatic heterocycles. The monoisotopic (exact) mass is 205 g/mol. The Morgan fingerprint density at radius 3 is 2.60 bits per heavy atom. The number of para-hydroxylation sites is 1. The minimum absolute atomic E-state index is 0.380. The zero-order chi connectivity index (χ0) is 10.7. The van der Waals surface area contributed by atoms with Gasteiger partial charge in [0.1, 0.15) is 0 Å². The first-order chi connectivity index (χ1) is 7.27. The Morgan fingerprint density at radius 1 is 1.27 bits per heavy atom. The molecule has 1 aromatic rings. The second-order valence-electron chi connectivity index (χ2n) is 4.53. The fraction of sp³-hybridized carbons (Fsp3) is 0.538. The molecule has 3 N–H and O–H groups in total. The van der Waals surface area contributed by atoms with Gasteiger partial charge in [0.05, 0.1) is 6.10 Å². The molecule has 1 unspecified atom stereocenters. The minimum Gasteiger partial charge on any atom is -0.398 e. The maximum absolute atomic E-state index is 10.1. The molecule has 1 aromatic carbocycles. The van der Waals surface area contributed by atoms with Gasteiger partial charge in [0.25, 0.3) is 0 Å². The van der Waals surface area contributed by atoms with Crippen LogP contribution in [-0.2, 0) is 0 Å². The van der Waals surface area contributed by atoms with Crippen molar-refractivity contribution in [2.45, 2.75) is 38.2 Å². The second-order valence-corrected chi connectivity index (χ2v) is 4.53. The molecular weight excluding hydrogens is 186 g/mol. The lowest BCUT2D eigenvalue weighted by Gasteiger charge is -2.17. The van der Waals surface area contributed by atoms with Gasteiger partial charge in [-0.3, -0.25) is 0 Å². The molecular formula is C13H19NO. The van der Waals surface area contributed by atoms with E-state index in [-0.39, 0.29) is 6.10 Å². The fourth-order valence-electron chi connectivity index (χ4n) is 2.50. The summed E-state index contributed by atoms with van der Waals surface area (Å²) in [5.74, 6) is 0.694. The number of anilines is 1. The number of hydrogen-bond donors (Lipinski definition) is 2. The van der Waals surface area contributed by atoms with E-state index in [2.05, 4.69) is 0 Å². The smallest absolute Gasteiger partial charge is 0.0812 e. The van der Waals surface area contributed by atoms with Crippen LogP contribution < -0.4 is 5.73 Å². The molecule has 2 rings (SSSR count). The average Bonchev–Trinajstić information content (AvgIpc) is 2.71. The summed E-state index contributed by atoms with van der Waals surface area (Å²) in [6.45, 7) is 0. The van der Waals surface area contributed by atoms with Crippen molar-refractivity contribution in [1.82, 2.24) is 0 Å². The molecule has 1 fully saturated rings. The van der Waals surface area contributed by atoms with Gasteiger partial charge in [0.15, 0.2) is 0 Å². The molecule has 1 aliphatic rings. The van der Waals surface area contributed by atoms with Gasteiger partial charge in [-0.1, -0.05) is 43.9 Å². The molecule has 1 saturated carbocycles. The van der Waals surface area contributed by atoms with Crippen molar-refractivity contribution >= 4 is 5.69 Å². The summed E-state index contributed by atoms with van der Waals surface area (Å²) in [5.41, 5.74) is 7.44. The largest absolute Gasteiger partial charge is 0.398 e. The summed E-state index contributed by atoms with van der Waals surface area (Å²) in [6, 6.07) is 7.62. The van der Waals surface area contributed by atoms with Crippen molar-refractivity contribution in [2.24, 2.45) is 5.92 Å². The lowest BCUT2D eigenvalue weighted by Crippen LogP contribution is -2.06. The number of aliphatic hydroxyl groups excluding tert-OH is 1. The number of nitrogen functional groups attached to an aromatic ring is 1. The van der Waals surface area contributed by atoms with Crippen molar-refractivity contribution in [2.75, 3.05) is 5.73 Å². The lowest BCUT2D eigenvalue weighted by molar-refractivity contribution is 0.145. The maximum atomic E-state index is 10.1. The molecule has 1 aliphatic carbocycles. The van der Waals surface area contributed by atoms with Crippen LogP contribution in [0, 0.1) is 5.92 Å². The third-order valence-electron chi connectivity index (χ3n) is 3.39. The Labute approximate surface area is 91.1 Å². The van der Waals surface area contributed by atoms with Crippen molar-refractivity contribution in [3.63, 3.8) is 0 Å². The molecule has 1 atom stereocenters. The zero-order valence-corrected chi connectivity index (χ0v) is 9.02. The van der Waals surface area contributed by atoms with Crippen LogP contribution in [0.15, 0.2) is 24.3 Å². The van der Waals surface area contributed by atoms with Crippen molar-refractivity contribution in [3.8, 4) is 0 Å². The normalized spacial score (nSPS) is 19.3. The van der Waals surface area contributed by atoms with E-state index in [0.717, 1.165) is 12.0 Å². The number of rotatable bonds is 3. The first-order valence-electron chi connectivity index (χ1n) is 5.80. The van der Waals surface area contributed by atoms with Crippen molar-refractivity contribution in [3.05, 3.63) is 29.8 Å². The van der Waals surface area contributed by atoms with Crippen LogP contribution in [0.2, 0.25) is 0 Å². The van der Waals surface area contributed by atoms with Gasteiger partial charge in [-0.05, 0) is 18.4 Å². The minimum atomic E-state index is -0.380. The molecule has 0 aliphatic heterocycles. The van der Waals surface area contributed by atoms with E-state index >= 15 is 0 Å². The predicted octanol–water partition coefficient (Wildman–Crippen LogP) is 2.88. The maximum Gasteiger partial charge on any atom is 0.0812 e. The number of benzene rings is 1. The number of aliphatic hydroxyl groups is 1. The summed E-state index contributed by atoms with van der Waals surface area (Å²) >= 11 is 0. The Morgan fingerprint density at radius 2 is 1.93 bits per heavy atom. The van der Waals surface area contributed by atoms with Gasteiger partial charge >= 0.3 is 0 Å². The average molecular weight is 205 g/mol. The van der Waals surface area contributed by atoms with Gasteiger partial charge < -0.3 is 10.8 Å². The Balaban J connectivity index is 2.00. The van der Waals surface area contributed by atoms with Gasteiger partial charge in [-0.25, -0.2) is 0 Å². The summed E-state index contributed by atoms with van der Waals surface area (Å²) < 4.78 is 0. The highest BCUT2D eigenvalue weighted by atomic mass is 16.3. The van der Waals surface area contributed by atoms with Crippen LogP contribution in [0.1, 0.15) is 43.8 Å². The van der Waals surface area contributed by atoms with Crippen LogP contribution in [0.5, 0.6) is 0 Å². The highest BCUT2D eigenvalue weighted by molar-refractivity contribution is 5.47. The van der Waals surface area contributed by atoms with Gasteiger partial charge in [0.2, 0.25) is 0 Å². The first-order valence-corrected chi connectivity index (χ1v) is 5.80. The van der Waals surface area contributed by atoms with E-state index in [1.807, 2.05) is 24.3 Å². The summed E-state index contributed by atoms with van der Waals surface area (Å²) in [4.78, 5) is 0. The van der Waals surface area contributed by atoms with Crippen molar-refractivity contribution in [1.29, 1.82) is 0 Å². The van der Waals surface area contributed by atoms with Gasteiger partial charge in [-0.15, -0.1) is 0 Å². The lowest BCUT2D eigenvalue weighted by atomic mass is 9.95. The summed E-state index contributed by atoms with van der Waals surface area (Å²) in [7, 11) is 0. The fourth-order valence-corrected chi connectivity index (χ4v) is 2.50. The van der Waals surface area contributed by atoms with E-state index in [1.54, 1.807) is 0 Å². The van der Waals surface area contributed by atoms with Gasteiger partial charge in [-0.2, -0.15) is 0 Å². The Hall–Kier alpha value is -1.02. The standard InChI is InChI=1S/C13H19NO/c14-12-8-4-3-7-11(12)13(15)9-10-5-1-2-6-10/h3-4,7-8,10,13,15H,1-2,5-6,9,14H2. The first kappa shape index (κ1) is 10.5. The van der Waals surface area contributed by atoms with Crippen LogP contribution in [0.4, 0.5) is 5.69 Å². The molecule has 15 heavy (non-hydrogen) atoms. The van der Waals surface area contributed by atoms with Gasteiger partial charge in [0, 0.05) is 11.3 Å². The molecule has 2 nitrogen and oxygen atoms in total. The third-order valence-corrected chi connectivity index (χ3v) is 3.39. The van der Waals surface area contributed by atoms with E-state index in [1.165, 1.54) is 25.7 Å². The predicted molar refractivity (Wildman–Crippen MR) is 62.4 cm³/mol. The molecule has 0 saturated heterocycles.